The molecule has 134 valence electrons. The van der Waals surface area contributed by atoms with Crippen LogP contribution in [0.1, 0.15) is 0 Å². The standard InChI is InChI=1S/C15H22N8O2/c1-16-13-2-3-18-15(20-13)22-6-4-21(8-12(9-22)14(24)25)5-7-23-11-17-10-19-23/h2-3,10-12H,4-9H2,1H3,(H,24,25)(H,16,18,20). The molecule has 0 saturated carbocycles. The van der Waals surface area contributed by atoms with Crippen molar-refractivity contribution in [3.05, 3.63) is 24.9 Å². The van der Waals surface area contributed by atoms with E-state index in [9.17, 15) is 9.90 Å². The lowest BCUT2D eigenvalue weighted by Crippen LogP contribution is -2.36. The molecule has 1 atom stereocenters. The van der Waals surface area contributed by atoms with Gasteiger partial charge in [0.05, 0.1) is 12.5 Å². The highest BCUT2D eigenvalue weighted by Gasteiger charge is 2.28. The van der Waals surface area contributed by atoms with E-state index in [1.54, 1.807) is 30.3 Å². The zero-order chi connectivity index (χ0) is 17.6. The van der Waals surface area contributed by atoms with Gasteiger partial charge in [-0.05, 0) is 6.07 Å². The van der Waals surface area contributed by atoms with Gasteiger partial charge in [-0.15, -0.1) is 0 Å². The van der Waals surface area contributed by atoms with Gasteiger partial charge in [0.2, 0.25) is 5.95 Å². The molecule has 2 aromatic rings. The Labute approximate surface area is 145 Å². The summed E-state index contributed by atoms with van der Waals surface area (Å²) in [4.78, 5) is 28.4. The molecule has 1 fully saturated rings. The first-order chi connectivity index (χ1) is 12.2. The Morgan fingerprint density at radius 3 is 2.96 bits per heavy atom. The Bertz CT molecular complexity index is 693. The number of rotatable bonds is 6. The highest BCUT2D eigenvalue weighted by atomic mass is 16.4. The molecule has 2 aromatic heterocycles. The summed E-state index contributed by atoms with van der Waals surface area (Å²) in [7, 11) is 1.79. The highest BCUT2D eigenvalue weighted by molar-refractivity contribution is 5.71. The van der Waals surface area contributed by atoms with E-state index < -0.39 is 11.9 Å². The molecular weight excluding hydrogens is 324 g/mol. The Balaban J connectivity index is 1.69. The summed E-state index contributed by atoms with van der Waals surface area (Å²) in [5.74, 6) is -0.0390. The van der Waals surface area contributed by atoms with E-state index in [-0.39, 0.29) is 0 Å². The monoisotopic (exact) mass is 346 g/mol. The smallest absolute Gasteiger partial charge is 0.309 e. The van der Waals surface area contributed by atoms with Crippen LogP contribution in [0.5, 0.6) is 0 Å². The summed E-state index contributed by atoms with van der Waals surface area (Å²) in [6.45, 7) is 3.70. The predicted molar refractivity (Wildman–Crippen MR) is 91.4 cm³/mol. The molecule has 1 unspecified atom stereocenters. The van der Waals surface area contributed by atoms with Crippen molar-refractivity contribution in [3.8, 4) is 0 Å². The van der Waals surface area contributed by atoms with Crippen molar-refractivity contribution in [2.75, 3.05) is 50.0 Å². The van der Waals surface area contributed by atoms with Crippen LogP contribution in [0.4, 0.5) is 11.8 Å². The summed E-state index contributed by atoms with van der Waals surface area (Å²) in [5, 5.41) is 16.6. The Kier molecular flexibility index (Phi) is 5.39. The molecule has 0 aromatic carbocycles. The van der Waals surface area contributed by atoms with Crippen LogP contribution in [0, 0.1) is 5.92 Å². The van der Waals surface area contributed by atoms with Gasteiger partial charge < -0.3 is 15.3 Å². The molecule has 1 aliphatic rings. The first-order valence-corrected chi connectivity index (χ1v) is 8.19. The van der Waals surface area contributed by atoms with Crippen LogP contribution in [-0.4, -0.2) is 80.5 Å². The van der Waals surface area contributed by atoms with Crippen LogP contribution < -0.4 is 10.2 Å². The van der Waals surface area contributed by atoms with Crippen LogP contribution in [0.15, 0.2) is 24.9 Å². The highest BCUT2D eigenvalue weighted by Crippen LogP contribution is 2.16. The van der Waals surface area contributed by atoms with Crippen LogP contribution in [0.25, 0.3) is 0 Å². The summed E-state index contributed by atoms with van der Waals surface area (Å²) in [5.41, 5.74) is 0. The molecule has 0 amide bonds. The van der Waals surface area contributed by atoms with Crippen molar-refractivity contribution in [1.82, 2.24) is 29.6 Å². The zero-order valence-electron chi connectivity index (χ0n) is 14.1. The maximum absolute atomic E-state index is 11.7. The molecule has 1 saturated heterocycles. The van der Waals surface area contributed by atoms with Gasteiger partial charge in [0.1, 0.15) is 18.5 Å². The first kappa shape index (κ1) is 17.1. The summed E-state index contributed by atoms with van der Waals surface area (Å²) < 4.78 is 1.75. The van der Waals surface area contributed by atoms with E-state index in [4.69, 9.17) is 0 Å². The second-order valence-corrected chi connectivity index (χ2v) is 5.93. The van der Waals surface area contributed by atoms with Crippen molar-refractivity contribution < 1.29 is 9.90 Å². The molecule has 0 bridgehead atoms. The van der Waals surface area contributed by atoms with E-state index >= 15 is 0 Å². The first-order valence-electron chi connectivity index (χ1n) is 8.19. The Morgan fingerprint density at radius 1 is 1.36 bits per heavy atom. The van der Waals surface area contributed by atoms with Gasteiger partial charge in [0.15, 0.2) is 0 Å². The fourth-order valence-electron chi connectivity index (χ4n) is 2.85. The normalized spacial score (nSPS) is 18.8. The average Bonchev–Trinajstić information content (AvgIpc) is 3.05. The lowest BCUT2D eigenvalue weighted by Gasteiger charge is -2.22. The fraction of sp³-hybridized carbons (Fsp3) is 0.533. The number of aliphatic carboxylic acids is 1. The van der Waals surface area contributed by atoms with Crippen LogP contribution in [0.3, 0.4) is 0 Å². The van der Waals surface area contributed by atoms with Crippen molar-refractivity contribution in [3.63, 3.8) is 0 Å². The van der Waals surface area contributed by atoms with E-state index in [1.165, 1.54) is 6.33 Å². The molecule has 25 heavy (non-hydrogen) atoms. The van der Waals surface area contributed by atoms with Crippen molar-refractivity contribution >= 4 is 17.7 Å². The maximum Gasteiger partial charge on any atom is 0.309 e. The minimum Gasteiger partial charge on any atom is -0.481 e. The SMILES string of the molecule is CNc1ccnc(N2CCN(CCn3cncn3)CC(C(=O)O)C2)n1. The molecule has 3 rings (SSSR count). The number of carbonyl (C=O) groups is 1. The number of nitrogens with zero attached hydrogens (tertiary/aromatic N) is 7. The van der Waals surface area contributed by atoms with Gasteiger partial charge in [0.25, 0.3) is 0 Å². The predicted octanol–water partition coefficient (Wildman–Crippen LogP) is -0.367. The van der Waals surface area contributed by atoms with Crippen molar-refractivity contribution in [1.29, 1.82) is 0 Å². The summed E-state index contributed by atoms with van der Waals surface area (Å²) in [6.07, 6.45) is 4.84. The molecule has 2 N–H and O–H groups in total. The Hall–Kier alpha value is -2.75. The van der Waals surface area contributed by atoms with E-state index in [0.717, 1.165) is 13.1 Å². The van der Waals surface area contributed by atoms with Gasteiger partial charge in [-0.2, -0.15) is 10.1 Å². The van der Waals surface area contributed by atoms with Gasteiger partial charge >= 0.3 is 5.97 Å². The third-order valence-corrected chi connectivity index (χ3v) is 4.25. The number of hydrogen-bond donors (Lipinski definition) is 2. The molecular formula is C15H22N8O2. The fourth-order valence-corrected chi connectivity index (χ4v) is 2.85. The number of anilines is 2. The second-order valence-electron chi connectivity index (χ2n) is 5.93. The number of hydrogen-bond acceptors (Lipinski definition) is 8. The minimum atomic E-state index is -0.803. The van der Waals surface area contributed by atoms with Crippen LogP contribution in [0.2, 0.25) is 0 Å². The topological polar surface area (TPSA) is 112 Å². The lowest BCUT2D eigenvalue weighted by molar-refractivity contribution is -0.141. The van der Waals surface area contributed by atoms with E-state index in [0.29, 0.717) is 37.9 Å². The van der Waals surface area contributed by atoms with Crippen molar-refractivity contribution in [2.24, 2.45) is 5.92 Å². The lowest BCUT2D eigenvalue weighted by atomic mass is 10.1. The number of carboxylic acids is 1. The second kappa shape index (κ2) is 7.88. The zero-order valence-corrected chi connectivity index (χ0v) is 14.1. The van der Waals surface area contributed by atoms with E-state index in [1.807, 2.05) is 4.90 Å². The van der Waals surface area contributed by atoms with Gasteiger partial charge in [-0.1, -0.05) is 0 Å². The maximum atomic E-state index is 11.7. The van der Waals surface area contributed by atoms with Gasteiger partial charge in [-0.3, -0.25) is 14.4 Å². The van der Waals surface area contributed by atoms with Gasteiger partial charge in [0, 0.05) is 46.0 Å². The number of carboxylic acid groups (broad SMARTS) is 1. The molecule has 0 aliphatic carbocycles. The van der Waals surface area contributed by atoms with Crippen molar-refractivity contribution in [2.45, 2.75) is 6.54 Å². The molecule has 10 nitrogen and oxygen atoms in total. The third kappa shape index (κ3) is 4.41. The molecule has 1 aliphatic heterocycles. The molecule has 0 spiro atoms. The summed E-state index contributed by atoms with van der Waals surface area (Å²) >= 11 is 0. The van der Waals surface area contributed by atoms with E-state index in [2.05, 4.69) is 30.3 Å². The van der Waals surface area contributed by atoms with Crippen LogP contribution >= 0.6 is 0 Å². The van der Waals surface area contributed by atoms with Gasteiger partial charge in [-0.25, -0.2) is 9.97 Å². The minimum absolute atomic E-state index is 0.391. The van der Waals surface area contributed by atoms with Crippen LogP contribution in [-0.2, 0) is 11.3 Å². The Morgan fingerprint density at radius 2 is 2.24 bits per heavy atom. The largest absolute Gasteiger partial charge is 0.481 e. The average molecular weight is 346 g/mol. The number of nitrogens with one attached hydrogen (secondary N) is 1. The summed E-state index contributed by atoms with van der Waals surface area (Å²) in [6, 6.07) is 1.78. The molecule has 3 heterocycles. The molecule has 0 radical (unpaired) electrons. The third-order valence-electron chi connectivity index (χ3n) is 4.25. The molecule has 10 heteroatoms. The quantitative estimate of drug-likeness (QED) is 0.723. The number of aromatic nitrogens is 5.